The van der Waals surface area contributed by atoms with Crippen molar-refractivity contribution in [2.45, 2.75) is 20.3 Å². The lowest BCUT2D eigenvalue weighted by Crippen LogP contribution is -2.04. The lowest BCUT2D eigenvalue weighted by molar-refractivity contribution is 0.270. The maximum Gasteiger partial charge on any atom is 0.123 e. The van der Waals surface area contributed by atoms with Crippen LogP contribution in [0.3, 0.4) is 0 Å². The molecule has 0 radical (unpaired) electrons. The molecule has 2 aromatic carbocycles. The minimum atomic E-state index is 0.296. The van der Waals surface area contributed by atoms with E-state index in [4.69, 9.17) is 4.74 Å². The van der Waals surface area contributed by atoms with Gasteiger partial charge in [-0.05, 0) is 23.1 Å². The molecule has 0 saturated heterocycles. The number of ether oxygens (including phenoxy) is 1. The van der Waals surface area contributed by atoms with Crippen LogP contribution in [0.25, 0.3) is 0 Å². The Kier molecular flexibility index (Phi) is 4.45. The van der Waals surface area contributed by atoms with Crippen molar-refractivity contribution in [1.29, 1.82) is 0 Å². The molecule has 2 aromatic rings. The van der Waals surface area contributed by atoms with Crippen LogP contribution in [0.2, 0.25) is 0 Å². The van der Waals surface area contributed by atoms with E-state index < -0.39 is 0 Å². The van der Waals surface area contributed by atoms with Crippen molar-refractivity contribution in [3.8, 4) is 11.5 Å². The molecule has 100 valence electrons. The van der Waals surface area contributed by atoms with Gasteiger partial charge in [0.2, 0.25) is 0 Å². The predicted molar refractivity (Wildman–Crippen MR) is 77.7 cm³/mol. The van der Waals surface area contributed by atoms with Crippen LogP contribution in [0.4, 0.5) is 0 Å². The monoisotopic (exact) mass is 256 g/mol. The summed E-state index contributed by atoms with van der Waals surface area (Å²) in [5, 5.41) is 10.0. The number of aromatic hydroxyl groups is 1. The Morgan fingerprint density at radius 1 is 1.05 bits per heavy atom. The third-order valence-corrected chi connectivity index (χ3v) is 2.88. The van der Waals surface area contributed by atoms with Gasteiger partial charge in [0.1, 0.15) is 11.5 Å². The lowest BCUT2D eigenvalue weighted by Gasteiger charge is -2.11. The minimum Gasteiger partial charge on any atom is -0.508 e. The first-order valence-corrected chi connectivity index (χ1v) is 6.64. The summed E-state index contributed by atoms with van der Waals surface area (Å²) >= 11 is 0. The Labute approximate surface area is 114 Å². The molecule has 2 heteroatoms. The number of benzene rings is 2. The van der Waals surface area contributed by atoms with Gasteiger partial charge >= 0.3 is 0 Å². The highest BCUT2D eigenvalue weighted by Crippen LogP contribution is 2.26. The maximum atomic E-state index is 10.0. The summed E-state index contributed by atoms with van der Waals surface area (Å²) in [6.07, 6.45) is 0.733. The molecule has 0 saturated carbocycles. The van der Waals surface area contributed by atoms with Gasteiger partial charge in [-0.1, -0.05) is 50.2 Å². The molecule has 0 aliphatic heterocycles. The van der Waals surface area contributed by atoms with Crippen molar-refractivity contribution in [2.75, 3.05) is 6.61 Å². The summed E-state index contributed by atoms with van der Waals surface area (Å²) in [7, 11) is 0. The molecule has 0 aliphatic carbocycles. The average molecular weight is 256 g/mol. The summed E-state index contributed by atoms with van der Waals surface area (Å²) in [6, 6.07) is 15.7. The van der Waals surface area contributed by atoms with Crippen molar-refractivity contribution < 1.29 is 9.84 Å². The normalized spacial score (nSPS) is 10.7. The van der Waals surface area contributed by atoms with Crippen LogP contribution in [0.5, 0.6) is 11.5 Å². The van der Waals surface area contributed by atoms with Crippen LogP contribution in [-0.4, -0.2) is 11.7 Å². The Balaban J connectivity index is 2.07. The average Bonchev–Trinajstić information content (AvgIpc) is 2.40. The molecule has 0 atom stereocenters. The van der Waals surface area contributed by atoms with Gasteiger partial charge in [-0.3, -0.25) is 0 Å². The van der Waals surface area contributed by atoms with Crippen LogP contribution in [-0.2, 0) is 6.42 Å². The van der Waals surface area contributed by atoms with Crippen molar-refractivity contribution in [3.63, 3.8) is 0 Å². The van der Waals surface area contributed by atoms with Gasteiger partial charge in [-0.15, -0.1) is 0 Å². The van der Waals surface area contributed by atoms with E-state index in [0.717, 1.165) is 17.7 Å². The molecule has 2 rings (SSSR count). The van der Waals surface area contributed by atoms with Crippen LogP contribution in [0.15, 0.2) is 48.5 Å². The number of phenolic OH excluding ortho intramolecular Hbond substituents is 1. The minimum absolute atomic E-state index is 0.296. The Bertz CT molecular complexity index is 518. The van der Waals surface area contributed by atoms with E-state index >= 15 is 0 Å². The Morgan fingerprint density at radius 2 is 1.79 bits per heavy atom. The topological polar surface area (TPSA) is 29.5 Å². The van der Waals surface area contributed by atoms with E-state index in [0.29, 0.717) is 18.3 Å². The zero-order valence-corrected chi connectivity index (χ0v) is 11.5. The van der Waals surface area contributed by atoms with Gasteiger partial charge in [0, 0.05) is 12.5 Å². The van der Waals surface area contributed by atoms with E-state index in [1.54, 1.807) is 6.07 Å². The molecule has 2 nitrogen and oxygen atoms in total. The van der Waals surface area contributed by atoms with E-state index in [-0.39, 0.29) is 0 Å². The Morgan fingerprint density at radius 3 is 2.42 bits per heavy atom. The molecular weight excluding hydrogens is 236 g/mol. The maximum absolute atomic E-state index is 10.0. The van der Waals surface area contributed by atoms with E-state index in [1.165, 1.54) is 5.56 Å². The molecule has 0 bridgehead atoms. The summed E-state index contributed by atoms with van der Waals surface area (Å²) in [5.74, 6) is 1.50. The van der Waals surface area contributed by atoms with E-state index in [2.05, 4.69) is 26.0 Å². The van der Waals surface area contributed by atoms with Gasteiger partial charge in [-0.25, -0.2) is 0 Å². The standard InChI is InChI=1S/C17H20O2/c1-13(2)12-19-16-9-8-15(17(18)11-16)10-14-6-4-3-5-7-14/h3-9,11,13,18H,10,12H2,1-2H3. The first-order chi connectivity index (χ1) is 9.15. The zero-order valence-electron chi connectivity index (χ0n) is 11.5. The molecule has 0 fully saturated rings. The fraction of sp³-hybridized carbons (Fsp3) is 0.294. The molecular formula is C17H20O2. The Hall–Kier alpha value is -1.96. The number of hydrogen-bond acceptors (Lipinski definition) is 2. The molecule has 0 amide bonds. The summed E-state index contributed by atoms with van der Waals surface area (Å²) in [5.41, 5.74) is 2.11. The lowest BCUT2D eigenvalue weighted by atomic mass is 10.0. The third kappa shape index (κ3) is 4.02. The summed E-state index contributed by atoms with van der Waals surface area (Å²) in [6.45, 7) is 4.87. The van der Waals surface area contributed by atoms with Crippen LogP contribution >= 0.6 is 0 Å². The zero-order chi connectivity index (χ0) is 13.7. The second-order valence-corrected chi connectivity index (χ2v) is 5.16. The first kappa shape index (κ1) is 13.5. The highest BCUT2D eigenvalue weighted by atomic mass is 16.5. The van der Waals surface area contributed by atoms with Crippen molar-refractivity contribution in [2.24, 2.45) is 5.92 Å². The van der Waals surface area contributed by atoms with Gasteiger partial charge < -0.3 is 9.84 Å². The van der Waals surface area contributed by atoms with Gasteiger partial charge in [0.25, 0.3) is 0 Å². The molecule has 0 unspecified atom stereocenters. The SMILES string of the molecule is CC(C)COc1ccc(Cc2ccccc2)c(O)c1. The molecule has 0 spiro atoms. The van der Waals surface area contributed by atoms with Crippen LogP contribution in [0, 0.1) is 5.92 Å². The quantitative estimate of drug-likeness (QED) is 0.875. The summed E-state index contributed by atoms with van der Waals surface area (Å²) < 4.78 is 5.59. The van der Waals surface area contributed by atoms with Crippen molar-refractivity contribution in [3.05, 3.63) is 59.7 Å². The number of hydrogen-bond donors (Lipinski definition) is 1. The van der Waals surface area contributed by atoms with Crippen LogP contribution < -0.4 is 4.74 Å². The van der Waals surface area contributed by atoms with Crippen LogP contribution in [0.1, 0.15) is 25.0 Å². The highest BCUT2D eigenvalue weighted by molar-refractivity contribution is 5.42. The molecule has 0 heterocycles. The van der Waals surface area contributed by atoms with E-state index in [9.17, 15) is 5.11 Å². The summed E-state index contributed by atoms with van der Waals surface area (Å²) in [4.78, 5) is 0. The fourth-order valence-corrected chi connectivity index (χ4v) is 1.86. The van der Waals surface area contributed by atoms with Gasteiger partial charge in [0.05, 0.1) is 6.61 Å². The number of phenols is 1. The fourth-order valence-electron chi connectivity index (χ4n) is 1.86. The van der Waals surface area contributed by atoms with Gasteiger partial charge in [-0.2, -0.15) is 0 Å². The second kappa shape index (κ2) is 6.28. The molecule has 19 heavy (non-hydrogen) atoms. The third-order valence-electron chi connectivity index (χ3n) is 2.88. The van der Waals surface area contributed by atoms with Crippen molar-refractivity contribution in [1.82, 2.24) is 0 Å². The van der Waals surface area contributed by atoms with Crippen molar-refractivity contribution >= 4 is 0 Å². The molecule has 0 aliphatic rings. The predicted octanol–water partition coefficient (Wildman–Crippen LogP) is 4.02. The first-order valence-electron chi connectivity index (χ1n) is 6.64. The number of rotatable bonds is 5. The van der Waals surface area contributed by atoms with E-state index in [1.807, 2.05) is 30.3 Å². The van der Waals surface area contributed by atoms with Gasteiger partial charge in [0.15, 0.2) is 0 Å². The molecule has 1 N–H and O–H groups in total. The highest BCUT2D eigenvalue weighted by Gasteiger charge is 2.05. The second-order valence-electron chi connectivity index (χ2n) is 5.16. The largest absolute Gasteiger partial charge is 0.508 e. The molecule has 0 aromatic heterocycles. The smallest absolute Gasteiger partial charge is 0.123 e.